The van der Waals surface area contributed by atoms with Gasteiger partial charge in [-0.05, 0) is 0 Å². The van der Waals surface area contributed by atoms with Crippen LogP contribution in [0.25, 0.3) is 0 Å². The summed E-state index contributed by atoms with van der Waals surface area (Å²) in [5.41, 5.74) is 0. The number of nitrogens with zero attached hydrogens (tertiary/aromatic N) is 4. The average molecular weight is 389 g/mol. The number of carbonyl (C=O) groups is 2. The smallest absolute Gasteiger partial charge is 0.224 e. The summed E-state index contributed by atoms with van der Waals surface area (Å²) < 4.78 is 25.8. The number of fused-ring (bicyclic) bond motifs is 1. The van der Waals surface area contributed by atoms with Crippen molar-refractivity contribution in [3.63, 3.8) is 0 Å². The van der Waals surface area contributed by atoms with E-state index in [-0.39, 0.29) is 29.7 Å². The Morgan fingerprint density at radius 1 is 1.20 bits per heavy atom. The highest BCUT2D eigenvalue weighted by Gasteiger charge is 2.48. The third-order valence-corrected chi connectivity index (χ3v) is 6.67. The van der Waals surface area contributed by atoms with Gasteiger partial charge in [-0.2, -0.15) is 5.10 Å². The maximum atomic E-state index is 12.6. The van der Waals surface area contributed by atoms with E-state index in [0.717, 1.165) is 0 Å². The molecule has 0 saturated carbocycles. The fourth-order valence-corrected chi connectivity index (χ4v) is 5.73. The van der Waals surface area contributed by atoms with E-state index in [1.807, 2.05) is 0 Å². The summed E-state index contributed by atoms with van der Waals surface area (Å²) in [5.74, 6) is -0.334. The zero-order valence-corrected chi connectivity index (χ0v) is 15.5. The van der Waals surface area contributed by atoms with Crippen molar-refractivity contribution in [1.82, 2.24) is 19.6 Å². The summed E-state index contributed by atoms with van der Waals surface area (Å²) in [6.45, 7) is 2.88. The van der Waals surface area contributed by atoms with Crippen molar-refractivity contribution in [3.05, 3.63) is 17.4 Å². The molecular formula is C15H21ClN4O4S. The molecule has 3 heterocycles. The molecule has 2 aliphatic rings. The van der Waals surface area contributed by atoms with Gasteiger partial charge in [-0.25, -0.2) is 8.42 Å². The van der Waals surface area contributed by atoms with Gasteiger partial charge < -0.3 is 9.80 Å². The fourth-order valence-electron chi connectivity index (χ4n) is 3.59. The molecule has 2 aliphatic heterocycles. The van der Waals surface area contributed by atoms with Crippen molar-refractivity contribution in [1.29, 1.82) is 0 Å². The van der Waals surface area contributed by atoms with Gasteiger partial charge in [0, 0.05) is 38.7 Å². The average Bonchev–Trinajstić information content (AvgIpc) is 3.12. The Bertz CT molecular complexity index is 778. The molecule has 2 amide bonds. The Morgan fingerprint density at radius 2 is 1.80 bits per heavy atom. The Kier molecular flexibility index (Phi) is 5.06. The largest absolute Gasteiger partial charge is 0.335 e. The normalized spacial score (nSPS) is 25.0. The van der Waals surface area contributed by atoms with Crippen LogP contribution in [0.2, 0.25) is 5.02 Å². The monoisotopic (exact) mass is 388 g/mol. The number of hydrogen-bond donors (Lipinski definition) is 0. The molecule has 3 rings (SSSR count). The van der Waals surface area contributed by atoms with E-state index in [2.05, 4.69) is 5.10 Å². The Hall–Kier alpha value is -1.61. The fraction of sp³-hybridized carbons (Fsp3) is 0.667. The quantitative estimate of drug-likeness (QED) is 0.733. The van der Waals surface area contributed by atoms with Gasteiger partial charge in [-0.3, -0.25) is 14.3 Å². The number of hydrogen-bond acceptors (Lipinski definition) is 5. The van der Waals surface area contributed by atoms with Gasteiger partial charge in [-0.15, -0.1) is 0 Å². The number of piperazine rings is 1. The Morgan fingerprint density at radius 3 is 2.32 bits per heavy atom. The molecule has 0 unspecified atom stereocenters. The molecule has 0 spiro atoms. The first-order valence-electron chi connectivity index (χ1n) is 8.28. The van der Waals surface area contributed by atoms with Crippen molar-refractivity contribution >= 4 is 33.3 Å². The molecule has 0 aromatic carbocycles. The van der Waals surface area contributed by atoms with Crippen LogP contribution >= 0.6 is 11.6 Å². The molecule has 0 aliphatic carbocycles. The van der Waals surface area contributed by atoms with Crippen LogP contribution in [0.1, 0.15) is 19.8 Å². The molecule has 2 fully saturated rings. The van der Waals surface area contributed by atoms with Gasteiger partial charge in [0.1, 0.15) is 0 Å². The molecule has 0 bridgehead atoms. The molecule has 8 nitrogen and oxygen atoms in total. The van der Waals surface area contributed by atoms with Crippen LogP contribution in [0.3, 0.4) is 0 Å². The summed E-state index contributed by atoms with van der Waals surface area (Å²) in [5, 5.41) is 4.53. The number of aryl methyl sites for hydroxylation is 1. The molecule has 138 valence electrons. The molecule has 1 aromatic rings. The lowest BCUT2D eigenvalue weighted by molar-refractivity contribution is -0.145. The Labute approximate surface area is 151 Å². The lowest BCUT2D eigenvalue weighted by Gasteiger charge is -2.44. The zero-order valence-electron chi connectivity index (χ0n) is 14.0. The van der Waals surface area contributed by atoms with Crippen LogP contribution in [-0.2, 0) is 26.0 Å². The van der Waals surface area contributed by atoms with Crippen LogP contribution in [0.4, 0.5) is 0 Å². The third-order valence-electron chi connectivity index (χ3n) is 4.78. The van der Waals surface area contributed by atoms with Crippen LogP contribution in [0, 0.1) is 0 Å². The highest BCUT2D eigenvalue weighted by Crippen LogP contribution is 2.28. The first kappa shape index (κ1) is 18.2. The van der Waals surface area contributed by atoms with Crippen LogP contribution in [0.15, 0.2) is 12.4 Å². The van der Waals surface area contributed by atoms with Crippen molar-refractivity contribution in [2.24, 2.45) is 0 Å². The van der Waals surface area contributed by atoms with Crippen molar-refractivity contribution < 1.29 is 18.0 Å². The summed E-state index contributed by atoms with van der Waals surface area (Å²) in [7, 11) is -3.26. The minimum Gasteiger partial charge on any atom is -0.335 e. The summed E-state index contributed by atoms with van der Waals surface area (Å²) in [4.78, 5) is 28.0. The van der Waals surface area contributed by atoms with E-state index in [1.165, 1.54) is 6.20 Å². The third kappa shape index (κ3) is 3.82. The molecule has 0 N–H and O–H groups in total. The number of sulfone groups is 1. The highest BCUT2D eigenvalue weighted by atomic mass is 35.5. The van der Waals surface area contributed by atoms with Gasteiger partial charge in [0.2, 0.25) is 11.8 Å². The molecule has 2 saturated heterocycles. The second kappa shape index (κ2) is 6.95. The summed E-state index contributed by atoms with van der Waals surface area (Å²) >= 11 is 5.81. The maximum Gasteiger partial charge on any atom is 0.224 e. The lowest BCUT2D eigenvalue weighted by atomic mass is 10.0. The van der Waals surface area contributed by atoms with Gasteiger partial charge >= 0.3 is 0 Å². The Balaban J connectivity index is 1.71. The van der Waals surface area contributed by atoms with Crippen LogP contribution in [0.5, 0.6) is 0 Å². The van der Waals surface area contributed by atoms with E-state index < -0.39 is 21.9 Å². The molecule has 2 atom stereocenters. The van der Waals surface area contributed by atoms with E-state index in [0.29, 0.717) is 31.1 Å². The topological polar surface area (TPSA) is 92.6 Å². The SMILES string of the molecule is CCC(=O)N1CCN(C(=O)CCn2cc(Cl)cn2)[C@@H]2CS(=O)(=O)C[C@@H]21. The second-order valence-electron chi connectivity index (χ2n) is 6.41. The van der Waals surface area contributed by atoms with Crippen molar-refractivity contribution in [2.75, 3.05) is 24.6 Å². The van der Waals surface area contributed by atoms with Crippen LogP contribution < -0.4 is 0 Å². The molecule has 0 radical (unpaired) electrons. The highest BCUT2D eigenvalue weighted by molar-refractivity contribution is 7.91. The number of aromatic nitrogens is 2. The zero-order chi connectivity index (χ0) is 18.2. The predicted molar refractivity (Wildman–Crippen MR) is 91.8 cm³/mol. The van der Waals surface area contributed by atoms with Gasteiger partial charge in [0.25, 0.3) is 0 Å². The molecular weight excluding hydrogens is 368 g/mol. The first-order valence-corrected chi connectivity index (χ1v) is 10.5. The molecule has 25 heavy (non-hydrogen) atoms. The number of amides is 2. The second-order valence-corrected chi connectivity index (χ2v) is 9.00. The minimum absolute atomic E-state index is 0.0645. The van der Waals surface area contributed by atoms with Gasteiger partial charge in [0.05, 0.1) is 34.8 Å². The van der Waals surface area contributed by atoms with E-state index in [4.69, 9.17) is 11.6 Å². The van der Waals surface area contributed by atoms with Gasteiger partial charge in [-0.1, -0.05) is 18.5 Å². The standard InChI is InChI=1S/C15H21ClN4O4S/c1-2-14(21)19-5-6-20(13-10-25(23,24)9-12(13)19)15(22)3-4-18-8-11(16)7-17-18/h7-8,12-13H,2-6,9-10H2,1H3/t12-,13+/m0/s1. The van der Waals surface area contributed by atoms with E-state index in [9.17, 15) is 18.0 Å². The van der Waals surface area contributed by atoms with Gasteiger partial charge in [0.15, 0.2) is 9.84 Å². The molecule has 1 aromatic heterocycles. The number of carbonyl (C=O) groups excluding carboxylic acids is 2. The van der Waals surface area contributed by atoms with E-state index in [1.54, 1.807) is 27.6 Å². The minimum atomic E-state index is -3.26. The van der Waals surface area contributed by atoms with Crippen molar-refractivity contribution in [2.45, 2.75) is 38.4 Å². The first-order chi connectivity index (χ1) is 11.8. The maximum absolute atomic E-state index is 12.6. The lowest BCUT2D eigenvalue weighted by Crippen LogP contribution is -2.61. The molecule has 10 heteroatoms. The number of rotatable bonds is 4. The van der Waals surface area contributed by atoms with Crippen molar-refractivity contribution in [3.8, 4) is 0 Å². The summed E-state index contributed by atoms with van der Waals surface area (Å²) in [6.07, 6.45) is 3.68. The summed E-state index contributed by atoms with van der Waals surface area (Å²) in [6, 6.07) is -0.891. The van der Waals surface area contributed by atoms with E-state index >= 15 is 0 Å². The predicted octanol–water partition coefficient (Wildman–Crippen LogP) is 0.173. The number of halogens is 1. The van der Waals surface area contributed by atoms with Crippen LogP contribution in [-0.4, -0.2) is 76.5 Å².